The zero-order valence-electron chi connectivity index (χ0n) is 16.9. The summed E-state index contributed by atoms with van der Waals surface area (Å²) >= 11 is 1.43. The van der Waals surface area contributed by atoms with Crippen molar-refractivity contribution in [2.45, 2.75) is 28.9 Å². The molecule has 0 spiro atoms. The lowest BCUT2D eigenvalue weighted by molar-refractivity contribution is -0.116. The van der Waals surface area contributed by atoms with E-state index in [1.807, 2.05) is 44.2 Å². The quantitative estimate of drug-likeness (QED) is 0.650. The van der Waals surface area contributed by atoms with Crippen LogP contribution >= 0.6 is 11.8 Å². The van der Waals surface area contributed by atoms with Gasteiger partial charge in [-0.05, 0) is 36.2 Å². The van der Waals surface area contributed by atoms with Crippen LogP contribution in [0.5, 0.6) is 0 Å². The van der Waals surface area contributed by atoms with Gasteiger partial charge in [0.25, 0.3) is 0 Å². The second-order valence-electron chi connectivity index (χ2n) is 7.25. The SMILES string of the molecule is CC(C)[C@H](Sc1ccccc1)C(=O)Nc1ccc(F)c(S(=O)(=O)N2CCOCC2)c1. The Morgan fingerprint density at radius 2 is 1.80 bits per heavy atom. The molecule has 1 N–H and O–H groups in total. The van der Waals surface area contributed by atoms with Crippen LogP contribution < -0.4 is 5.32 Å². The van der Waals surface area contributed by atoms with E-state index in [1.54, 1.807) is 0 Å². The van der Waals surface area contributed by atoms with E-state index in [1.165, 1.54) is 28.2 Å². The number of thioether (sulfide) groups is 1. The summed E-state index contributed by atoms with van der Waals surface area (Å²) in [5.41, 5.74) is 0.243. The molecular weight excluding hydrogens is 427 g/mol. The highest BCUT2D eigenvalue weighted by Gasteiger charge is 2.30. The van der Waals surface area contributed by atoms with Gasteiger partial charge in [0.05, 0.1) is 18.5 Å². The number of hydrogen-bond acceptors (Lipinski definition) is 5. The second kappa shape index (κ2) is 9.91. The fourth-order valence-corrected chi connectivity index (χ4v) is 5.60. The van der Waals surface area contributed by atoms with Gasteiger partial charge in [0.2, 0.25) is 15.9 Å². The Labute approximate surface area is 180 Å². The van der Waals surface area contributed by atoms with Gasteiger partial charge in [-0.2, -0.15) is 4.31 Å². The predicted octanol–water partition coefficient (Wildman–Crippen LogP) is 3.60. The molecule has 0 bridgehead atoms. The van der Waals surface area contributed by atoms with Gasteiger partial charge in [-0.3, -0.25) is 4.79 Å². The first kappa shape index (κ1) is 22.7. The Balaban J connectivity index is 1.80. The van der Waals surface area contributed by atoms with Crippen LogP contribution in [0.1, 0.15) is 13.8 Å². The molecule has 3 rings (SSSR count). The van der Waals surface area contributed by atoms with E-state index in [-0.39, 0.29) is 43.8 Å². The smallest absolute Gasteiger partial charge is 0.246 e. The van der Waals surface area contributed by atoms with E-state index < -0.39 is 26.0 Å². The predicted molar refractivity (Wildman–Crippen MR) is 116 cm³/mol. The molecule has 0 unspecified atom stereocenters. The molecule has 2 aromatic rings. The Morgan fingerprint density at radius 1 is 1.13 bits per heavy atom. The van der Waals surface area contributed by atoms with Gasteiger partial charge in [0.1, 0.15) is 10.7 Å². The first-order chi connectivity index (χ1) is 14.3. The maximum atomic E-state index is 14.4. The number of anilines is 1. The number of benzene rings is 2. The van der Waals surface area contributed by atoms with Crippen LogP contribution in [0.3, 0.4) is 0 Å². The van der Waals surface area contributed by atoms with Gasteiger partial charge in [-0.1, -0.05) is 32.0 Å². The summed E-state index contributed by atoms with van der Waals surface area (Å²) < 4.78 is 46.4. The summed E-state index contributed by atoms with van der Waals surface area (Å²) in [4.78, 5) is 13.4. The van der Waals surface area contributed by atoms with E-state index in [9.17, 15) is 17.6 Å². The average molecular weight is 453 g/mol. The Kier molecular flexibility index (Phi) is 7.51. The van der Waals surface area contributed by atoms with Crippen LogP contribution in [0.25, 0.3) is 0 Å². The van der Waals surface area contributed by atoms with Gasteiger partial charge in [0.15, 0.2) is 0 Å². The minimum atomic E-state index is -4.01. The number of carbonyl (C=O) groups is 1. The molecule has 6 nitrogen and oxygen atoms in total. The molecule has 1 heterocycles. The fourth-order valence-electron chi connectivity index (χ4n) is 3.06. The molecule has 1 atom stereocenters. The number of morpholine rings is 1. The van der Waals surface area contributed by atoms with Crippen molar-refractivity contribution in [3.63, 3.8) is 0 Å². The van der Waals surface area contributed by atoms with Crippen molar-refractivity contribution in [2.75, 3.05) is 31.6 Å². The molecule has 30 heavy (non-hydrogen) atoms. The topological polar surface area (TPSA) is 75.7 Å². The van der Waals surface area contributed by atoms with Crippen LogP contribution in [0.2, 0.25) is 0 Å². The van der Waals surface area contributed by atoms with E-state index in [2.05, 4.69) is 5.32 Å². The van der Waals surface area contributed by atoms with Gasteiger partial charge in [-0.15, -0.1) is 11.8 Å². The third kappa shape index (κ3) is 5.40. The summed E-state index contributed by atoms with van der Waals surface area (Å²) in [5, 5.41) is 2.36. The first-order valence-corrected chi connectivity index (χ1v) is 12.0. The fraction of sp³-hybridized carbons (Fsp3) is 0.381. The summed E-state index contributed by atoms with van der Waals surface area (Å²) in [7, 11) is -4.01. The van der Waals surface area contributed by atoms with Crippen LogP contribution in [-0.4, -0.2) is 50.2 Å². The molecule has 1 amide bonds. The standard InChI is InChI=1S/C21H25FN2O4S2/c1-15(2)20(29-17-6-4-3-5-7-17)21(25)23-16-8-9-18(22)19(14-16)30(26,27)24-10-12-28-13-11-24/h3-9,14-15,20H,10-13H2,1-2H3,(H,23,25)/t20-/m0/s1. The lowest BCUT2D eigenvalue weighted by atomic mass is 10.1. The number of ether oxygens (including phenoxy) is 1. The van der Waals surface area contributed by atoms with E-state index >= 15 is 0 Å². The molecule has 1 aliphatic rings. The minimum absolute atomic E-state index is 0.0345. The molecule has 1 saturated heterocycles. The summed E-state index contributed by atoms with van der Waals surface area (Å²) in [6.45, 7) is 4.76. The lowest BCUT2D eigenvalue weighted by Gasteiger charge is -2.26. The number of halogens is 1. The number of sulfonamides is 1. The normalized spacial score (nSPS) is 16.4. The molecule has 0 radical (unpaired) electrons. The molecule has 0 aromatic heterocycles. The molecule has 0 saturated carbocycles. The second-order valence-corrected chi connectivity index (χ2v) is 10.4. The van der Waals surface area contributed by atoms with Gasteiger partial charge in [0, 0.05) is 23.7 Å². The summed E-state index contributed by atoms with van der Waals surface area (Å²) in [5.74, 6) is -1.08. The van der Waals surface area contributed by atoms with Gasteiger partial charge < -0.3 is 10.1 Å². The number of hydrogen-bond donors (Lipinski definition) is 1. The van der Waals surface area contributed by atoms with Crippen molar-refractivity contribution in [1.29, 1.82) is 0 Å². The number of nitrogens with zero attached hydrogens (tertiary/aromatic N) is 1. The third-order valence-electron chi connectivity index (χ3n) is 4.66. The van der Waals surface area contributed by atoms with Crippen LogP contribution in [0.4, 0.5) is 10.1 Å². The summed E-state index contributed by atoms with van der Waals surface area (Å²) in [6, 6.07) is 13.2. The Morgan fingerprint density at radius 3 is 2.43 bits per heavy atom. The van der Waals surface area contributed by atoms with Crippen LogP contribution in [0.15, 0.2) is 58.3 Å². The maximum Gasteiger partial charge on any atom is 0.246 e. The zero-order valence-corrected chi connectivity index (χ0v) is 18.5. The van der Waals surface area contributed by atoms with E-state index in [0.717, 1.165) is 11.0 Å². The van der Waals surface area contributed by atoms with E-state index in [0.29, 0.717) is 0 Å². The molecule has 162 valence electrons. The Bertz CT molecular complexity index is 978. The lowest BCUT2D eigenvalue weighted by Crippen LogP contribution is -2.41. The largest absolute Gasteiger partial charge is 0.379 e. The molecule has 0 aliphatic carbocycles. The number of rotatable bonds is 7. The van der Waals surface area contributed by atoms with Crippen LogP contribution in [-0.2, 0) is 19.6 Å². The van der Waals surface area contributed by atoms with Crippen molar-refractivity contribution in [2.24, 2.45) is 5.92 Å². The molecule has 1 aliphatic heterocycles. The van der Waals surface area contributed by atoms with Crippen molar-refractivity contribution in [3.8, 4) is 0 Å². The van der Waals surface area contributed by atoms with Crippen molar-refractivity contribution < 1.29 is 22.3 Å². The van der Waals surface area contributed by atoms with Gasteiger partial charge in [-0.25, -0.2) is 12.8 Å². The van der Waals surface area contributed by atoms with Gasteiger partial charge >= 0.3 is 0 Å². The molecular formula is C21H25FN2O4S2. The van der Waals surface area contributed by atoms with Crippen molar-refractivity contribution >= 4 is 33.4 Å². The highest BCUT2D eigenvalue weighted by Crippen LogP contribution is 2.30. The minimum Gasteiger partial charge on any atom is -0.379 e. The first-order valence-electron chi connectivity index (χ1n) is 9.69. The van der Waals surface area contributed by atoms with Crippen LogP contribution in [0, 0.1) is 11.7 Å². The molecule has 1 fully saturated rings. The van der Waals surface area contributed by atoms with Crippen molar-refractivity contribution in [1.82, 2.24) is 4.31 Å². The highest BCUT2D eigenvalue weighted by atomic mass is 32.2. The maximum absolute atomic E-state index is 14.4. The zero-order chi connectivity index (χ0) is 21.7. The Hall–Kier alpha value is -1.94. The average Bonchev–Trinajstić information content (AvgIpc) is 2.74. The molecule has 9 heteroatoms. The number of carbonyl (C=O) groups excluding carboxylic acids is 1. The highest BCUT2D eigenvalue weighted by molar-refractivity contribution is 8.00. The van der Waals surface area contributed by atoms with Crippen molar-refractivity contribution in [3.05, 3.63) is 54.3 Å². The van der Waals surface area contributed by atoms with E-state index in [4.69, 9.17) is 4.74 Å². The third-order valence-corrected chi connectivity index (χ3v) is 8.13. The number of amides is 1. The monoisotopic (exact) mass is 452 g/mol. The summed E-state index contributed by atoms with van der Waals surface area (Å²) in [6.07, 6.45) is 0. The molecule has 2 aromatic carbocycles. The number of nitrogens with one attached hydrogen (secondary N) is 1.